The van der Waals surface area contributed by atoms with Crippen LogP contribution >= 0.6 is 0 Å². The van der Waals surface area contributed by atoms with Gasteiger partial charge in [0.2, 0.25) is 0 Å². The van der Waals surface area contributed by atoms with Crippen LogP contribution in [-0.2, 0) is 0 Å². The van der Waals surface area contributed by atoms with Crippen molar-refractivity contribution in [2.45, 2.75) is 50.7 Å². The van der Waals surface area contributed by atoms with Crippen molar-refractivity contribution in [1.82, 2.24) is 20.1 Å². The van der Waals surface area contributed by atoms with Crippen molar-refractivity contribution in [3.8, 4) is 11.4 Å². The Morgan fingerprint density at radius 2 is 1.85 bits per heavy atom. The van der Waals surface area contributed by atoms with Crippen molar-refractivity contribution in [3.05, 3.63) is 36.2 Å². The number of amides is 1. The lowest BCUT2D eigenvalue weighted by atomic mass is 9.93. The maximum Gasteiger partial charge on any atom is 0.390 e. The molecule has 1 aromatic carbocycles. The maximum absolute atomic E-state index is 12.9. The highest BCUT2D eigenvalue weighted by Gasteiger charge is 2.32. The summed E-state index contributed by atoms with van der Waals surface area (Å²) in [7, 11) is 0. The first-order valence-electron chi connectivity index (χ1n) is 8.77. The first-order chi connectivity index (χ1) is 12.4. The monoisotopic (exact) mass is 366 g/mol. The summed E-state index contributed by atoms with van der Waals surface area (Å²) in [5.41, 5.74) is 1.15. The molecule has 0 unspecified atom stereocenters. The molecule has 1 heterocycles. The summed E-state index contributed by atoms with van der Waals surface area (Å²) in [6.45, 7) is -0.295. The third kappa shape index (κ3) is 4.62. The topological polar surface area (TPSA) is 61.9 Å². The zero-order chi connectivity index (χ0) is 18.6. The summed E-state index contributed by atoms with van der Waals surface area (Å²) < 4.78 is 38.1. The van der Waals surface area contributed by atoms with E-state index in [4.69, 9.17) is 0 Å². The minimum atomic E-state index is -4.27. The molecule has 1 aliphatic carbocycles. The number of hydrogen-bond donors (Lipinski definition) is 1. The van der Waals surface area contributed by atoms with Gasteiger partial charge in [-0.1, -0.05) is 31.4 Å². The molecule has 1 amide bonds. The molecule has 1 aromatic heterocycles. The van der Waals surface area contributed by atoms with E-state index < -0.39 is 12.6 Å². The molecule has 3 rings (SSSR count). The van der Waals surface area contributed by atoms with Crippen molar-refractivity contribution in [3.63, 3.8) is 0 Å². The number of aromatic amines is 1. The molecule has 8 heteroatoms. The Balaban J connectivity index is 1.77. The molecular weight excluding hydrogens is 345 g/mol. The third-order valence-electron chi connectivity index (χ3n) is 4.73. The van der Waals surface area contributed by atoms with Gasteiger partial charge in [-0.25, -0.2) is 4.98 Å². The van der Waals surface area contributed by atoms with E-state index in [0.717, 1.165) is 37.7 Å². The number of nitrogens with one attached hydrogen (secondary N) is 1. The molecule has 1 fully saturated rings. The largest absolute Gasteiger partial charge is 0.390 e. The van der Waals surface area contributed by atoms with E-state index in [1.807, 2.05) is 0 Å². The zero-order valence-electron chi connectivity index (χ0n) is 14.3. The van der Waals surface area contributed by atoms with Gasteiger partial charge in [0.05, 0.1) is 6.42 Å². The predicted octanol–water partition coefficient (Wildman–Crippen LogP) is 4.20. The molecule has 1 saturated carbocycles. The number of H-pyrrole nitrogens is 1. The van der Waals surface area contributed by atoms with Gasteiger partial charge in [-0.2, -0.15) is 18.3 Å². The highest BCUT2D eigenvalue weighted by atomic mass is 19.4. The van der Waals surface area contributed by atoms with Gasteiger partial charge in [-0.15, -0.1) is 0 Å². The number of benzene rings is 1. The lowest BCUT2D eigenvalue weighted by Gasteiger charge is -2.34. The van der Waals surface area contributed by atoms with Crippen molar-refractivity contribution in [2.24, 2.45) is 0 Å². The number of nitrogens with zero attached hydrogens (tertiary/aromatic N) is 3. The first-order valence-corrected chi connectivity index (χ1v) is 8.77. The van der Waals surface area contributed by atoms with E-state index in [-0.39, 0.29) is 18.5 Å². The van der Waals surface area contributed by atoms with E-state index in [2.05, 4.69) is 15.2 Å². The van der Waals surface area contributed by atoms with Gasteiger partial charge in [0, 0.05) is 23.7 Å². The van der Waals surface area contributed by atoms with Crippen LogP contribution in [0.15, 0.2) is 30.6 Å². The summed E-state index contributed by atoms with van der Waals surface area (Å²) in [5.74, 6) is 0.232. The Morgan fingerprint density at radius 1 is 1.15 bits per heavy atom. The van der Waals surface area contributed by atoms with Gasteiger partial charge in [0.15, 0.2) is 5.82 Å². The highest BCUT2D eigenvalue weighted by Crippen LogP contribution is 2.27. The molecule has 1 aliphatic rings. The summed E-state index contributed by atoms with van der Waals surface area (Å²) in [4.78, 5) is 18.3. The van der Waals surface area contributed by atoms with Gasteiger partial charge in [-0.05, 0) is 25.0 Å². The number of aromatic nitrogens is 3. The molecule has 26 heavy (non-hydrogen) atoms. The minimum absolute atomic E-state index is 0.118. The van der Waals surface area contributed by atoms with Crippen LogP contribution in [0.3, 0.4) is 0 Å². The smallest absolute Gasteiger partial charge is 0.335 e. The Bertz CT molecular complexity index is 707. The van der Waals surface area contributed by atoms with Gasteiger partial charge < -0.3 is 4.90 Å². The molecule has 0 bridgehead atoms. The lowest BCUT2D eigenvalue weighted by Crippen LogP contribution is -2.43. The molecule has 0 saturated heterocycles. The molecule has 0 radical (unpaired) electrons. The Kier molecular flexibility index (Phi) is 5.58. The molecule has 0 spiro atoms. The second-order valence-corrected chi connectivity index (χ2v) is 6.57. The molecule has 140 valence electrons. The standard InChI is InChI=1S/C18H21F3N4O/c19-18(20,21)10-11-25(15-4-2-1-3-5-15)17(26)14-8-6-13(7-9-14)16-22-12-23-24-16/h6-9,12,15H,1-5,10-11H2,(H,22,23,24). The van der Waals surface area contributed by atoms with Crippen molar-refractivity contribution >= 4 is 5.91 Å². The third-order valence-corrected chi connectivity index (χ3v) is 4.73. The summed E-state index contributed by atoms with van der Waals surface area (Å²) >= 11 is 0. The number of alkyl halides is 3. The second kappa shape index (κ2) is 7.88. The van der Waals surface area contributed by atoms with Gasteiger partial charge >= 0.3 is 6.18 Å². The number of hydrogen-bond acceptors (Lipinski definition) is 3. The molecular formula is C18H21F3N4O. The first kappa shape index (κ1) is 18.4. The Labute approximate surface area is 149 Å². The van der Waals surface area contributed by atoms with Crippen LogP contribution in [0.25, 0.3) is 11.4 Å². The number of carbonyl (C=O) groups excluding carboxylic acids is 1. The van der Waals surface area contributed by atoms with Crippen LogP contribution in [0.5, 0.6) is 0 Å². The molecule has 0 atom stereocenters. The van der Waals surface area contributed by atoms with Crippen LogP contribution in [0.1, 0.15) is 48.9 Å². The molecule has 0 aliphatic heterocycles. The molecule has 1 N–H and O–H groups in total. The summed E-state index contributed by atoms with van der Waals surface area (Å²) in [6, 6.07) is 6.58. The fourth-order valence-electron chi connectivity index (χ4n) is 3.37. The van der Waals surface area contributed by atoms with E-state index in [1.54, 1.807) is 24.3 Å². The minimum Gasteiger partial charge on any atom is -0.335 e. The van der Waals surface area contributed by atoms with Gasteiger partial charge in [-0.3, -0.25) is 9.89 Å². The van der Waals surface area contributed by atoms with E-state index in [0.29, 0.717) is 11.4 Å². The predicted molar refractivity (Wildman–Crippen MR) is 90.4 cm³/mol. The number of rotatable bonds is 5. The summed E-state index contributed by atoms with van der Waals surface area (Å²) in [5, 5.41) is 6.51. The highest BCUT2D eigenvalue weighted by molar-refractivity contribution is 5.94. The van der Waals surface area contributed by atoms with Crippen LogP contribution in [-0.4, -0.2) is 44.8 Å². The fourth-order valence-corrected chi connectivity index (χ4v) is 3.37. The quantitative estimate of drug-likeness (QED) is 0.863. The Hall–Kier alpha value is -2.38. The SMILES string of the molecule is O=C(c1ccc(-c2ncn[nH]2)cc1)N(CCC(F)(F)F)C1CCCCC1. The average molecular weight is 366 g/mol. The normalized spacial score (nSPS) is 15.8. The van der Waals surface area contributed by atoms with E-state index >= 15 is 0 Å². The number of halogens is 3. The second-order valence-electron chi connectivity index (χ2n) is 6.57. The lowest BCUT2D eigenvalue weighted by molar-refractivity contribution is -0.137. The van der Waals surface area contributed by atoms with Crippen molar-refractivity contribution < 1.29 is 18.0 Å². The van der Waals surface area contributed by atoms with Crippen LogP contribution in [0.2, 0.25) is 0 Å². The summed E-state index contributed by atoms with van der Waals surface area (Å²) in [6.07, 6.45) is 0.629. The number of carbonyl (C=O) groups is 1. The van der Waals surface area contributed by atoms with Crippen LogP contribution < -0.4 is 0 Å². The zero-order valence-corrected chi connectivity index (χ0v) is 14.3. The van der Waals surface area contributed by atoms with Crippen molar-refractivity contribution in [1.29, 1.82) is 0 Å². The fraction of sp³-hybridized carbons (Fsp3) is 0.500. The van der Waals surface area contributed by atoms with Crippen LogP contribution in [0, 0.1) is 0 Å². The van der Waals surface area contributed by atoms with Gasteiger partial charge in [0.1, 0.15) is 6.33 Å². The average Bonchev–Trinajstić information content (AvgIpc) is 3.16. The van der Waals surface area contributed by atoms with E-state index in [1.165, 1.54) is 11.2 Å². The van der Waals surface area contributed by atoms with Crippen LogP contribution in [0.4, 0.5) is 13.2 Å². The van der Waals surface area contributed by atoms with Crippen molar-refractivity contribution in [2.75, 3.05) is 6.54 Å². The van der Waals surface area contributed by atoms with Gasteiger partial charge in [0.25, 0.3) is 5.91 Å². The maximum atomic E-state index is 12.9. The molecule has 2 aromatic rings. The molecule has 5 nitrogen and oxygen atoms in total. The van der Waals surface area contributed by atoms with E-state index in [9.17, 15) is 18.0 Å². The Morgan fingerprint density at radius 3 is 2.42 bits per heavy atom.